The van der Waals surface area contributed by atoms with Gasteiger partial charge >= 0.3 is 0 Å². The number of hydroxylamine groups is 1. The maximum Gasteiger partial charge on any atom is 0.295 e. The molecule has 11 nitrogen and oxygen atoms in total. The predicted molar refractivity (Wildman–Crippen MR) is 132 cm³/mol. The Kier molecular flexibility index (Phi) is 14.8. The molecule has 1 amide bonds. The number of nitro benzene ring substituents is 1. The summed E-state index contributed by atoms with van der Waals surface area (Å²) in [6.45, 7) is 12.6. The van der Waals surface area contributed by atoms with E-state index in [1.54, 1.807) is 19.1 Å². The van der Waals surface area contributed by atoms with E-state index in [0.717, 1.165) is 0 Å². The fraction of sp³-hybridized carbons (Fsp3) is 0.682. The fourth-order valence-corrected chi connectivity index (χ4v) is 4.52. The summed E-state index contributed by atoms with van der Waals surface area (Å²) in [5.74, 6) is -0.159. The van der Waals surface area contributed by atoms with Crippen LogP contribution in [0.15, 0.2) is 18.2 Å². The first-order valence-corrected chi connectivity index (χ1v) is 12.3. The number of nitro groups is 1. The minimum atomic E-state index is -1.71. The Balaban J connectivity index is 0.00000387. The average molecular weight is 508 g/mol. The van der Waals surface area contributed by atoms with E-state index in [1.807, 2.05) is 39.3 Å². The number of benzene rings is 1. The molecular formula is C22H41N4O7P. The summed E-state index contributed by atoms with van der Waals surface area (Å²) in [4.78, 5) is 28.2. The number of nitrogens with zero attached hydrogens (tertiary/aromatic N) is 2. The van der Waals surface area contributed by atoms with E-state index < -0.39 is 19.6 Å². The average Bonchev–Trinajstić information content (AvgIpc) is 2.81. The molecule has 1 rings (SSSR count). The number of hydrogen-bond acceptors (Lipinski definition) is 9. The standard InChI is InChI=1S/C21H37N4O6P.CH4O/c1-8-10-21(26)22-14-18-11-12-20(25(27)28)19(13-18)17(7)29-32(31-30-23-9-2)24(15(3)4)16(5)6;1-2/h11-13,15-17,23H,8-10,14H2,1-7H3,(H,22,26);2H,1H3/i1D;2T. The molecule has 1 aromatic rings. The van der Waals surface area contributed by atoms with E-state index in [-0.39, 0.29) is 43.5 Å². The first-order valence-electron chi connectivity index (χ1n) is 12.3. The van der Waals surface area contributed by atoms with Crippen LogP contribution < -0.4 is 10.8 Å². The molecule has 0 saturated heterocycles. The van der Waals surface area contributed by atoms with Crippen molar-refractivity contribution in [3.05, 3.63) is 39.4 Å². The quantitative estimate of drug-likeness (QED) is 0.103. The van der Waals surface area contributed by atoms with Gasteiger partial charge in [-0.25, -0.2) is 4.67 Å². The number of carbonyl (C=O) groups excluding carboxylic acids is 1. The van der Waals surface area contributed by atoms with E-state index in [4.69, 9.17) is 17.0 Å². The Labute approximate surface area is 207 Å². The summed E-state index contributed by atoms with van der Waals surface area (Å²) >= 11 is 0. The van der Waals surface area contributed by atoms with Gasteiger partial charge in [0.25, 0.3) is 14.2 Å². The van der Waals surface area contributed by atoms with Crippen LogP contribution in [0.1, 0.15) is 79.9 Å². The molecule has 12 heteroatoms. The molecule has 0 fully saturated rings. The Hall–Kier alpha value is -1.72. The van der Waals surface area contributed by atoms with Crippen molar-refractivity contribution in [2.24, 2.45) is 0 Å². The molecule has 0 aliphatic carbocycles. The summed E-state index contributed by atoms with van der Waals surface area (Å²) in [5.41, 5.74) is 3.65. The van der Waals surface area contributed by atoms with Crippen molar-refractivity contribution < 1.29 is 30.4 Å². The fourth-order valence-electron chi connectivity index (χ4n) is 3.05. The molecule has 34 heavy (non-hydrogen) atoms. The van der Waals surface area contributed by atoms with Crippen molar-refractivity contribution in [1.82, 2.24) is 15.5 Å². The van der Waals surface area contributed by atoms with Crippen molar-refractivity contribution in [3.63, 3.8) is 0 Å². The summed E-state index contributed by atoms with van der Waals surface area (Å²) < 4.78 is 26.6. The smallest absolute Gasteiger partial charge is 0.295 e. The van der Waals surface area contributed by atoms with Gasteiger partial charge in [0.15, 0.2) is 0 Å². The summed E-state index contributed by atoms with van der Waals surface area (Å²) in [6.07, 6.45) is 0.0834. The molecule has 0 aliphatic heterocycles. The van der Waals surface area contributed by atoms with Gasteiger partial charge in [0.2, 0.25) is 7.34 Å². The lowest BCUT2D eigenvalue weighted by Crippen LogP contribution is -2.34. The third-order valence-electron chi connectivity index (χ3n) is 4.42. The molecule has 3 N–H and O–H groups in total. The molecule has 1 aromatic carbocycles. The molecule has 0 spiro atoms. The zero-order valence-electron chi connectivity index (χ0n) is 23.2. The van der Waals surface area contributed by atoms with Crippen molar-refractivity contribution in [2.45, 2.75) is 86.0 Å². The Morgan fingerprint density at radius 3 is 2.53 bits per heavy atom. The van der Waals surface area contributed by atoms with Gasteiger partial charge in [0.05, 0.1) is 16.6 Å². The molecule has 0 aliphatic rings. The second kappa shape index (κ2) is 17.7. The van der Waals surface area contributed by atoms with E-state index in [1.165, 1.54) is 13.2 Å². The second-order valence-corrected chi connectivity index (χ2v) is 9.04. The minimum absolute atomic E-state index is 0.0741. The molecule has 0 heterocycles. The van der Waals surface area contributed by atoms with Crippen molar-refractivity contribution >= 4 is 20.1 Å². The van der Waals surface area contributed by atoms with Gasteiger partial charge < -0.3 is 14.9 Å². The number of aliphatic hydroxyl groups is 1. The number of carbonyl (C=O) groups is 1. The van der Waals surface area contributed by atoms with E-state index >= 15 is 0 Å². The van der Waals surface area contributed by atoms with Crippen LogP contribution >= 0.6 is 8.53 Å². The Bertz CT molecular complexity index is 770. The molecule has 2 atom stereocenters. The molecule has 0 bridgehead atoms. The largest absolute Gasteiger partial charge is 0.400 e. The van der Waals surface area contributed by atoms with E-state index in [0.29, 0.717) is 24.1 Å². The van der Waals surface area contributed by atoms with E-state index in [9.17, 15) is 14.9 Å². The molecule has 2 unspecified atom stereocenters. The lowest BCUT2D eigenvalue weighted by molar-refractivity contribution is -0.386. The summed E-state index contributed by atoms with van der Waals surface area (Å²) in [6, 6.07) is 4.85. The van der Waals surface area contributed by atoms with Crippen molar-refractivity contribution in [1.29, 1.82) is 1.43 Å². The van der Waals surface area contributed by atoms with Crippen LogP contribution in [0, 0.1) is 10.1 Å². The van der Waals surface area contributed by atoms with Gasteiger partial charge in [-0.05, 0) is 52.7 Å². The Morgan fingerprint density at radius 2 is 2.00 bits per heavy atom. The second-order valence-electron chi connectivity index (χ2n) is 7.74. The molecule has 0 radical (unpaired) electrons. The molecule has 0 aromatic heterocycles. The van der Waals surface area contributed by atoms with Crippen LogP contribution in [0.2, 0.25) is 0 Å². The van der Waals surface area contributed by atoms with Crippen LogP contribution in [-0.4, -0.2) is 47.8 Å². The number of amides is 1. The van der Waals surface area contributed by atoms with Gasteiger partial charge in [-0.1, -0.05) is 19.9 Å². The van der Waals surface area contributed by atoms with Gasteiger partial charge in [-0.15, -0.1) is 9.66 Å². The number of aliphatic hydroxyl groups excluding tert-OH is 1. The van der Waals surface area contributed by atoms with Gasteiger partial charge in [-0.3, -0.25) is 14.9 Å². The topological polar surface area (TPSA) is 135 Å². The zero-order chi connectivity index (χ0) is 27.7. The maximum atomic E-state index is 11.9. The number of rotatable bonds is 15. The predicted octanol–water partition coefficient (Wildman–Crippen LogP) is 4.52. The lowest BCUT2D eigenvalue weighted by Gasteiger charge is -2.35. The highest BCUT2D eigenvalue weighted by Gasteiger charge is 2.32. The third-order valence-corrected chi connectivity index (χ3v) is 6.42. The summed E-state index contributed by atoms with van der Waals surface area (Å²) in [5, 5.41) is 17.9. The highest BCUT2D eigenvalue weighted by atomic mass is 31.2. The summed E-state index contributed by atoms with van der Waals surface area (Å²) in [7, 11) is -0.414. The third kappa shape index (κ3) is 11.1. The number of nitrogens with one attached hydrogen (secondary N) is 2. The van der Waals surface area contributed by atoms with Crippen molar-refractivity contribution in [3.8, 4) is 0 Å². The molecular weight excluding hydrogens is 463 g/mol. The highest BCUT2D eigenvalue weighted by Crippen LogP contribution is 2.50. The Morgan fingerprint density at radius 1 is 1.35 bits per heavy atom. The SMILES string of the molecule is [2H]CCCC(=O)NCc1ccc([N+](=O)[O-])c(C(C)OP(OONCC)N(C(C)C)C(C)C)c1.[3H]OC. The molecule has 0 saturated carbocycles. The molecule has 196 valence electrons. The highest BCUT2D eigenvalue weighted by molar-refractivity contribution is 7.44. The monoisotopic (exact) mass is 507 g/mol. The van der Waals surface area contributed by atoms with Crippen LogP contribution in [0.4, 0.5) is 5.69 Å². The minimum Gasteiger partial charge on any atom is -0.400 e. The van der Waals surface area contributed by atoms with Gasteiger partial charge in [0.1, 0.15) is 0 Å². The van der Waals surface area contributed by atoms with Crippen LogP contribution in [0.25, 0.3) is 0 Å². The first-order chi connectivity index (χ1) is 17.0. The zero-order valence-corrected chi connectivity index (χ0v) is 22.1. The van der Waals surface area contributed by atoms with Crippen molar-refractivity contribution in [2.75, 3.05) is 13.7 Å². The van der Waals surface area contributed by atoms with Crippen LogP contribution in [0.3, 0.4) is 0 Å². The first kappa shape index (κ1) is 28.5. The number of hydrogen-bond donors (Lipinski definition) is 3. The van der Waals surface area contributed by atoms with Crippen LogP contribution in [-0.2, 0) is 25.5 Å². The lowest BCUT2D eigenvalue weighted by atomic mass is 10.0. The normalized spacial score (nSPS) is 13.7. The van der Waals surface area contributed by atoms with Crippen LogP contribution in [0.5, 0.6) is 0 Å². The van der Waals surface area contributed by atoms with Gasteiger partial charge in [-0.2, -0.15) is 5.48 Å². The van der Waals surface area contributed by atoms with E-state index in [2.05, 4.69) is 15.9 Å². The van der Waals surface area contributed by atoms with Gasteiger partial charge in [0, 0.05) is 46.1 Å². The maximum absolute atomic E-state index is 11.9.